The SMILES string of the molecule is CCCC(CCC)C(=O)N1CCN(Cc2nc(C)c(C)s2)CC1. The molecular formula is C18H31N3OS. The summed E-state index contributed by atoms with van der Waals surface area (Å²) >= 11 is 1.80. The number of rotatable bonds is 7. The van der Waals surface area contributed by atoms with Crippen molar-refractivity contribution < 1.29 is 4.79 Å². The Morgan fingerprint density at radius 1 is 1.13 bits per heavy atom. The summed E-state index contributed by atoms with van der Waals surface area (Å²) in [5.41, 5.74) is 1.15. The Morgan fingerprint density at radius 3 is 2.22 bits per heavy atom. The first-order valence-corrected chi connectivity index (χ1v) is 9.80. The number of piperazine rings is 1. The predicted molar refractivity (Wildman–Crippen MR) is 96.8 cm³/mol. The first-order valence-electron chi connectivity index (χ1n) is 8.99. The van der Waals surface area contributed by atoms with Crippen LogP contribution in [-0.4, -0.2) is 46.9 Å². The first-order chi connectivity index (χ1) is 11.0. The van der Waals surface area contributed by atoms with Crippen LogP contribution < -0.4 is 0 Å². The fraction of sp³-hybridized carbons (Fsp3) is 0.778. The molecular weight excluding hydrogens is 306 g/mol. The molecule has 0 saturated carbocycles. The lowest BCUT2D eigenvalue weighted by Crippen LogP contribution is -2.50. The van der Waals surface area contributed by atoms with E-state index >= 15 is 0 Å². The summed E-state index contributed by atoms with van der Waals surface area (Å²) in [6, 6.07) is 0. The van der Waals surface area contributed by atoms with E-state index < -0.39 is 0 Å². The van der Waals surface area contributed by atoms with Gasteiger partial charge in [0, 0.05) is 37.0 Å². The van der Waals surface area contributed by atoms with Crippen molar-refractivity contribution in [3.8, 4) is 0 Å². The van der Waals surface area contributed by atoms with Crippen LogP contribution in [0.1, 0.15) is 55.1 Å². The third-order valence-corrected chi connectivity index (χ3v) is 5.80. The van der Waals surface area contributed by atoms with Crippen molar-refractivity contribution in [2.45, 2.75) is 59.9 Å². The number of hydrogen-bond acceptors (Lipinski definition) is 4. The molecule has 2 heterocycles. The number of aromatic nitrogens is 1. The van der Waals surface area contributed by atoms with Gasteiger partial charge in [-0.3, -0.25) is 9.69 Å². The molecule has 2 rings (SSSR count). The average molecular weight is 338 g/mol. The molecule has 23 heavy (non-hydrogen) atoms. The van der Waals surface area contributed by atoms with Gasteiger partial charge in [0.15, 0.2) is 0 Å². The van der Waals surface area contributed by atoms with Gasteiger partial charge in [-0.1, -0.05) is 26.7 Å². The standard InChI is InChI=1S/C18H31N3OS/c1-5-7-16(8-6-2)18(22)21-11-9-20(10-12-21)13-17-19-14(3)15(4)23-17/h16H,5-13H2,1-4H3. The Morgan fingerprint density at radius 2 is 1.74 bits per heavy atom. The van der Waals surface area contributed by atoms with Gasteiger partial charge in [0.05, 0.1) is 12.2 Å². The minimum Gasteiger partial charge on any atom is -0.340 e. The van der Waals surface area contributed by atoms with E-state index in [1.54, 1.807) is 11.3 Å². The van der Waals surface area contributed by atoms with Crippen LogP contribution in [0.2, 0.25) is 0 Å². The number of amides is 1. The molecule has 1 aromatic rings. The number of carbonyl (C=O) groups excluding carboxylic acids is 1. The van der Waals surface area contributed by atoms with E-state index in [-0.39, 0.29) is 5.92 Å². The smallest absolute Gasteiger partial charge is 0.225 e. The normalized spacial score (nSPS) is 16.3. The molecule has 1 aliphatic heterocycles. The topological polar surface area (TPSA) is 36.4 Å². The molecule has 1 fully saturated rings. The summed E-state index contributed by atoms with van der Waals surface area (Å²) in [4.78, 5) is 23.2. The second-order valence-electron chi connectivity index (χ2n) is 6.62. The van der Waals surface area contributed by atoms with Gasteiger partial charge in [0.2, 0.25) is 5.91 Å². The summed E-state index contributed by atoms with van der Waals surface area (Å²) in [5.74, 6) is 0.620. The average Bonchev–Trinajstić information content (AvgIpc) is 2.85. The van der Waals surface area contributed by atoms with E-state index in [0.29, 0.717) is 5.91 Å². The zero-order valence-electron chi connectivity index (χ0n) is 15.1. The molecule has 0 aromatic carbocycles. The molecule has 1 amide bonds. The molecule has 0 N–H and O–H groups in total. The molecule has 1 aromatic heterocycles. The molecule has 0 unspecified atom stereocenters. The second-order valence-corrected chi connectivity index (χ2v) is 7.91. The molecule has 1 aliphatic rings. The zero-order chi connectivity index (χ0) is 16.8. The van der Waals surface area contributed by atoms with E-state index in [1.807, 2.05) is 0 Å². The highest BCUT2D eigenvalue weighted by atomic mass is 32.1. The van der Waals surface area contributed by atoms with Crippen LogP contribution in [-0.2, 0) is 11.3 Å². The molecule has 0 radical (unpaired) electrons. The van der Waals surface area contributed by atoms with Crippen LogP contribution in [0, 0.1) is 19.8 Å². The van der Waals surface area contributed by atoms with Crippen LogP contribution in [0.15, 0.2) is 0 Å². The summed E-state index contributed by atoms with van der Waals surface area (Å²) in [6.07, 6.45) is 4.26. The van der Waals surface area contributed by atoms with Gasteiger partial charge in [0.1, 0.15) is 5.01 Å². The highest BCUT2D eigenvalue weighted by Crippen LogP contribution is 2.21. The Balaban J connectivity index is 1.83. The lowest BCUT2D eigenvalue weighted by Gasteiger charge is -2.36. The number of thiazole rings is 1. The van der Waals surface area contributed by atoms with Gasteiger partial charge < -0.3 is 4.90 Å². The number of hydrogen-bond donors (Lipinski definition) is 0. The van der Waals surface area contributed by atoms with Crippen molar-refractivity contribution in [3.63, 3.8) is 0 Å². The van der Waals surface area contributed by atoms with E-state index in [4.69, 9.17) is 0 Å². The highest BCUT2D eigenvalue weighted by molar-refractivity contribution is 7.11. The van der Waals surface area contributed by atoms with Crippen molar-refractivity contribution in [1.29, 1.82) is 0 Å². The third kappa shape index (κ3) is 5.01. The van der Waals surface area contributed by atoms with Crippen molar-refractivity contribution in [3.05, 3.63) is 15.6 Å². The molecule has 130 valence electrons. The maximum Gasteiger partial charge on any atom is 0.225 e. The van der Waals surface area contributed by atoms with Crippen molar-refractivity contribution in [1.82, 2.24) is 14.8 Å². The Kier molecular flexibility index (Phi) is 7.03. The van der Waals surface area contributed by atoms with Crippen molar-refractivity contribution in [2.24, 2.45) is 5.92 Å². The van der Waals surface area contributed by atoms with Gasteiger partial charge in [-0.15, -0.1) is 11.3 Å². The fourth-order valence-corrected chi connectivity index (χ4v) is 4.25. The summed E-state index contributed by atoms with van der Waals surface area (Å²) in [5, 5.41) is 1.20. The van der Waals surface area contributed by atoms with Gasteiger partial charge >= 0.3 is 0 Å². The third-order valence-electron chi connectivity index (χ3n) is 4.74. The van der Waals surface area contributed by atoms with Gasteiger partial charge in [0.25, 0.3) is 0 Å². The van der Waals surface area contributed by atoms with Gasteiger partial charge in [-0.05, 0) is 26.7 Å². The maximum absolute atomic E-state index is 12.7. The largest absolute Gasteiger partial charge is 0.340 e. The lowest BCUT2D eigenvalue weighted by molar-refractivity contribution is -0.137. The Hall–Kier alpha value is -0.940. The minimum atomic E-state index is 0.237. The molecule has 0 atom stereocenters. The lowest BCUT2D eigenvalue weighted by atomic mass is 9.96. The van der Waals surface area contributed by atoms with E-state index in [0.717, 1.165) is 64.1 Å². The monoisotopic (exact) mass is 337 g/mol. The second kappa shape index (κ2) is 8.78. The summed E-state index contributed by atoms with van der Waals surface area (Å²) in [7, 11) is 0. The van der Waals surface area contributed by atoms with E-state index in [9.17, 15) is 4.79 Å². The number of aryl methyl sites for hydroxylation is 2. The van der Waals surface area contributed by atoms with Crippen molar-refractivity contribution in [2.75, 3.05) is 26.2 Å². The van der Waals surface area contributed by atoms with Crippen molar-refractivity contribution >= 4 is 17.2 Å². The van der Waals surface area contributed by atoms with Crippen LogP contribution in [0.4, 0.5) is 0 Å². The highest BCUT2D eigenvalue weighted by Gasteiger charge is 2.26. The summed E-state index contributed by atoms with van der Waals surface area (Å²) < 4.78 is 0. The van der Waals surface area contributed by atoms with Gasteiger partial charge in [-0.25, -0.2) is 4.98 Å². The molecule has 4 nitrogen and oxygen atoms in total. The van der Waals surface area contributed by atoms with Crippen LogP contribution in [0.25, 0.3) is 0 Å². The molecule has 0 spiro atoms. The van der Waals surface area contributed by atoms with Crippen LogP contribution >= 0.6 is 11.3 Å². The molecule has 1 saturated heterocycles. The van der Waals surface area contributed by atoms with E-state index in [1.165, 1.54) is 9.88 Å². The molecule has 5 heteroatoms. The van der Waals surface area contributed by atoms with Crippen LogP contribution in [0.5, 0.6) is 0 Å². The zero-order valence-corrected chi connectivity index (χ0v) is 15.9. The first kappa shape index (κ1) is 18.4. The molecule has 0 aliphatic carbocycles. The maximum atomic E-state index is 12.7. The summed E-state index contributed by atoms with van der Waals surface area (Å²) in [6.45, 7) is 13.1. The number of carbonyl (C=O) groups is 1. The minimum absolute atomic E-state index is 0.237. The Labute approximate surface area is 144 Å². The van der Waals surface area contributed by atoms with Gasteiger partial charge in [-0.2, -0.15) is 0 Å². The fourth-order valence-electron chi connectivity index (χ4n) is 3.27. The Bertz CT molecular complexity index is 481. The molecule has 0 bridgehead atoms. The van der Waals surface area contributed by atoms with E-state index in [2.05, 4.69) is 42.5 Å². The number of nitrogens with zero attached hydrogens (tertiary/aromatic N) is 3. The quantitative estimate of drug-likeness (QED) is 0.762. The predicted octanol–water partition coefficient (Wildman–Crippen LogP) is 3.62. The van der Waals surface area contributed by atoms with Crippen LogP contribution in [0.3, 0.4) is 0 Å².